The van der Waals surface area contributed by atoms with Crippen molar-refractivity contribution in [1.82, 2.24) is 4.31 Å². The Morgan fingerprint density at radius 3 is 2.30 bits per heavy atom. The third-order valence-corrected chi connectivity index (χ3v) is 5.82. The van der Waals surface area contributed by atoms with E-state index in [1.54, 1.807) is 13.8 Å². The minimum atomic E-state index is -3.62. The lowest BCUT2D eigenvalue weighted by Crippen LogP contribution is -2.48. The Hall–Kier alpha value is -0.980. The van der Waals surface area contributed by atoms with Gasteiger partial charge in [-0.1, -0.05) is 6.92 Å². The van der Waals surface area contributed by atoms with Crippen molar-refractivity contribution >= 4 is 10.0 Å². The highest BCUT2D eigenvalue weighted by atomic mass is 32.2. The van der Waals surface area contributed by atoms with Crippen molar-refractivity contribution in [1.29, 1.82) is 0 Å². The molecule has 0 aromatic heterocycles. The van der Waals surface area contributed by atoms with Crippen LogP contribution >= 0.6 is 0 Å². The lowest BCUT2D eigenvalue weighted by atomic mass is 9.99. The van der Waals surface area contributed by atoms with E-state index in [2.05, 4.69) is 0 Å². The lowest BCUT2D eigenvalue weighted by Gasteiger charge is -2.34. The standard InChI is InChI=1S/C14H21FN2O2S/c1-9-4-13(16)8-17(7-9)20(18,19)14-10(2)5-12(15)6-11(14)3/h5-6,9,13H,4,7-8,16H2,1-3H3. The number of rotatable bonds is 2. The second-order valence-corrected chi connectivity index (χ2v) is 7.67. The summed E-state index contributed by atoms with van der Waals surface area (Å²) in [4.78, 5) is 0.209. The SMILES string of the molecule is Cc1cc(F)cc(C)c1S(=O)(=O)N1CC(C)CC(N)C1. The summed E-state index contributed by atoms with van der Waals surface area (Å²) in [5.74, 6) is -0.183. The first-order valence-electron chi connectivity index (χ1n) is 6.74. The first-order chi connectivity index (χ1) is 9.21. The average molecular weight is 300 g/mol. The molecular weight excluding hydrogens is 279 g/mol. The van der Waals surface area contributed by atoms with Crippen LogP contribution in [0.2, 0.25) is 0 Å². The number of hydrogen-bond donors (Lipinski definition) is 1. The summed E-state index contributed by atoms with van der Waals surface area (Å²) in [6, 6.07) is 2.37. The van der Waals surface area contributed by atoms with Crippen molar-refractivity contribution < 1.29 is 12.8 Å². The molecule has 1 aliphatic rings. The molecule has 0 radical (unpaired) electrons. The van der Waals surface area contributed by atoms with Gasteiger partial charge in [-0.3, -0.25) is 0 Å². The molecule has 20 heavy (non-hydrogen) atoms. The highest BCUT2D eigenvalue weighted by Gasteiger charge is 2.33. The molecule has 2 unspecified atom stereocenters. The van der Waals surface area contributed by atoms with Gasteiger partial charge in [-0.15, -0.1) is 0 Å². The average Bonchev–Trinajstić information content (AvgIpc) is 2.25. The molecule has 1 fully saturated rings. The van der Waals surface area contributed by atoms with Crippen molar-refractivity contribution in [2.45, 2.75) is 38.1 Å². The van der Waals surface area contributed by atoms with Crippen LogP contribution in [-0.4, -0.2) is 31.9 Å². The fourth-order valence-electron chi connectivity index (χ4n) is 2.98. The Morgan fingerprint density at radius 2 is 1.80 bits per heavy atom. The topological polar surface area (TPSA) is 63.4 Å². The third kappa shape index (κ3) is 2.87. The van der Waals surface area contributed by atoms with E-state index in [0.29, 0.717) is 24.2 Å². The van der Waals surface area contributed by atoms with Crippen LogP contribution in [0.25, 0.3) is 0 Å². The predicted octanol–water partition coefficient (Wildman–Crippen LogP) is 1.80. The Balaban J connectivity index is 2.45. The largest absolute Gasteiger partial charge is 0.326 e. The summed E-state index contributed by atoms with van der Waals surface area (Å²) < 4.78 is 40.3. The molecular formula is C14H21FN2O2S. The monoisotopic (exact) mass is 300 g/mol. The predicted molar refractivity (Wildman–Crippen MR) is 76.4 cm³/mol. The smallest absolute Gasteiger partial charge is 0.243 e. The maximum Gasteiger partial charge on any atom is 0.243 e. The van der Waals surface area contributed by atoms with Gasteiger partial charge in [0.15, 0.2) is 0 Å². The summed E-state index contributed by atoms with van der Waals surface area (Å²) in [6.45, 7) is 6.02. The van der Waals surface area contributed by atoms with E-state index >= 15 is 0 Å². The van der Waals surface area contributed by atoms with Crippen LogP contribution in [0.5, 0.6) is 0 Å². The van der Waals surface area contributed by atoms with Gasteiger partial charge in [-0.05, 0) is 49.4 Å². The van der Waals surface area contributed by atoms with Crippen LogP contribution < -0.4 is 5.73 Å². The molecule has 2 rings (SSSR count). The minimum absolute atomic E-state index is 0.144. The van der Waals surface area contributed by atoms with Crippen molar-refractivity contribution in [2.24, 2.45) is 11.7 Å². The second-order valence-electron chi connectivity index (χ2n) is 5.79. The molecule has 1 saturated heterocycles. The maximum absolute atomic E-state index is 13.3. The summed E-state index contributed by atoms with van der Waals surface area (Å²) in [5, 5.41) is 0. The number of hydrogen-bond acceptors (Lipinski definition) is 3. The third-order valence-electron chi connectivity index (χ3n) is 3.68. The molecule has 2 atom stereocenters. The Labute approximate surface area is 119 Å². The molecule has 1 heterocycles. The quantitative estimate of drug-likeness (QED) is 0.906. The first kappa shape index (κ1) is 15.4. The number of piperidine rings is 1. The van der Waals surface area contributed by atoms with Crippen LogP contribution in [0.3, 0.4) is 0 Å². The summed E-state index contributed by atoms with van der Waals surface area (Å²) in [5.41, 5.74) is 6.80. The van der Waals surface area contributed by atoms with Gasteiger partial charge in [-0.25, -0.2) is 12.8 Å². The van der Waals surface area contributed by atoms with Gasteiger partial charge < -0.3 is 5.73 Å². The molecule has 1 aliphatic heterocycles. The zero-order chi connectivity index (χ0) is 15.1. The fourth-order valence-corrected chi connectivity index (χ4v) is 5.01. The van der Waals surface area contributed by atoms with Gasteiger partial charge in [0.25, 0.3) is 0 Å². The van der Waals surface area contributed by atoms with Gasteiger partial charge in [0, 0.05) is 19.1 Å². The van der Waals surface area contributed by atoms with E-state index in [1.807, 2.05) is 6.92 Å². The second kappa shape index (κ2) is 5.42. The number of sulfonamides is 1. The van der Waals surface area contributed by atoms with Gasteiger partial charge in [-0.2, -0.15) is 4.31 Å². The maximum atomic E-state index is 13.3. The summed E-state index contributed by atoms with van der Waals surface area (Å²) in [7, 11) is -3.62. The van der Waals surface area contributed by atoms with Crippen LogP contribution in [0, 0.1) is 25.6 Å². The highest BCUT2D eigenvalue weighted by molar-refractivity contribution is 7.89. The van der Waals surface area contributed by atoms with E-state index in [4.69, 9.17) is 5.73 Å². The highest BCUT2D eigenvalue weighted by Crippen LogP contribution is 2.28. The van der Waals surface area contributed by atoms with Gasteiger partial charge in [0.2, 0.25) is 10.0 Å². The first-order valence-corrected chi connectivity index (χ1v) is 8.18. The van der Waals surface area contributed by atoms with Crippen LogP contribution in [0.15, 0.2) is 17.0 Å². The van der Waals surface area contributed by atoms with Gasteiger partial charge >= 0.3 is 0 Å². The Bertz CT molecular complexity index is 583. The van der Waals surface area contributed by atoms with E-state index in [-0.39, 0.29) is 16.9 Å². The Kier molecular flexibility index (Phi) is 4.18. The summed E-state index contributed by atoms with van der Waals surface area (Å²) in [6.07, 6.45) is 0.827. The molecule has 0 amide bonds. The van der Waals surface area contributed by atoms with Crippen molar-refractivity contribution in [2.75, 3.05) is 13.1 Å². The molecule has 112 valence electrons. The van der Waals surface area contributed by atoms with Crippen molar-refractivity contribution in [3.8, 4) is 0 Å². The zero-order valence-corrected chi connectivity index (χ0v) is 12.9. The molecule has 0 saturated carbocycles. The van der Waals surface area contributed by atoms with E-state index in [0.717, 1.165) is 6.42 Å². The molecule has 6 heteroatoms. The number of nitrogens with zero attached hydrogens (tertiary/aromatic N) is 1. The summed E-state index contributed by atoms with van der Waals surface area (Å²) >= 11 is 0. The van der Waals surface area contributed by atoms with Crippen LogP contribution in [0.4, 0.5) is 4.39 Å². The van der Waals surface area contributed by atoms with E-state index in [1.165, 1.54) is 16.4 Å². The van der Waals surface area contributed by atoms with Crippen LogP contribution in [0.1, 0.15) is 24.5 Å². The number of aryl methyl sites for hydroxylation is 2. The van der Waals surface area contributed by atoms with Crippen molar-refractivity contribution in [3.63, 3.8) is 0 Å². The van der Waals surface area contributed by atoms with E-state index < -0.39 is 15.8 Å². The number of benzene rings is 1. The zero-order valence-electron chi connectivity index (χ0n) is 12.1. The molecule has 4 nitrogen and oxygen atoms in total. The number of nitrogens with two attached hydrogens (primary N) is 1. The normalized spacial score (nSPS) is 24.9. The van der Waals surface area contributed by atoms with Crippen LogP contribution in [-0.2, 0) is 10.0 Å². The molecule has 1 aromatic rings. The number of halogens is 1. The van der Waals surface area contributed by atoms with Gasteiger partial charge in [0.05, 0.1) is 4.90 Å². The Morgan fingerprint density at radius 1 is 1.25 bits per heavy atom. The minimum Gasteiger partial charge on any atom is -0.326 e. The molecule has 0 bridgehead atoms. The molecule has 0 aliphatic carbocycles. The van der Waals surface area contributed by atoms with E-state index in [9.17, 15) is 12.8 Å². The molecule has 2 N–H and O–H groups in total. The lowest BCUT2D eigenvalue weighted by molar-refractivity contribution is 0.254. The molecule has 0 spiro atoms. The van der Waals surface area contributed by atoms with Gasteiger partial charge in [0.1, 0.15) is 5.82 Å². The molecule has 1 aromatic carbocycles. The van der Waals surface area contributed by atoms with Crippen molar-refractivity contribution in [3.05, 3.63) is 29.1 Å². The fraction of sp³-hybridized carbons (Fsp3) is 0.571.